The number of nitrogens with zero attached hydrogens (tertiary/aromatic N) is 1. The van der Waals surface area contributed by atoms with Gasteiger partial charge in [-0.2, -0.15) is 0 Å². The highest BCUT2D eigenvalue weighted by Crippen LogP contribution is 2.15. The molecule has 0 aliphatic carbocycles. The minimum absolute atomic E-state index is 0.264. The monoisotopic (exact) mass is 247 g/mol. The number of para-hydroxylation sites is 1. The third-order valence-corrected chi connectivity index (χ3v) is 2.98. The molecule has 3 heteroatoms. The van der Waals surface area contributed by atoms with Gasteiger partial charge in [-0.3, -0.25) is 5.41 Å². The molecule has 18 heavy (non-hydrogen) atoms. The molecule has 3 nitrogen and oxygen atoms in total. The Bertz CT molecular complexity index is 346. The minimum atomic E-state index is 0.264. The lowest BCUT2D eigenvalue weighted by Gasteiger charge is -2.25. The van der Waals surface area contributed by atoms with Gasteiger partial charge >= 0.3 is 0 Å². The van der Waals surface area contributed by atoms with Crippen LogP contribution in [-0.2, 0) is 0 Å². The molecule has 3 N–H and O–H groups in total. The topological polar surface area (TPSA) is 53.1 Å². The second-order valence-electron chi connectivity index (χ2n) is 5.13. The van der Waals surface area contributed by atoms with Gasteiger partial charge in [-0.05, 0) is 30.9 Å². The smallest absolute Gasteiger partial charge is 0.0923 e. The molecule has 0 fully saturated rings. The maximum absolute atomic E-state index is 7.35. The zero-order valence-corrected chi connectivity index (χ0v) is 11.5. The van der Waals surface area contributed by atoms with E-state index in [1.807, 2.05) is 6.07 Å². The fourth-order valence-corrected chi connectivity index (χ4v) is 1.95. The van der Waals surface area contributed by atoms with E-state index in [4.69, 9.17) is 11.1 Å². The molecule has 1 aromatic carbocycles. The molecule has 0 bridgehead atoms. The SMILES string of the molecule is CC(C)CCCN(CCC(=N)N)c1ccccc1. The summed E-state index contributed by atoms with van der Waals surface area (Å²) in [5.74, 6) is 1.01. The van der Waals surface area contributed by atoms with Crippen molar-refractivity contribution >= 4 is 11.5 Å². The van der Waals surface area contributed by atoms with Crippen LogP contribution < -0.4 is 10.6 Å². The Hall–Kier alpha value is -1.51. The summed E-state index contributed by atoms with van der Waals surface area (Å²) in [5, 5.41) is 7.35. The van der Waals surface area contributed by atoms with Crippen LogP contribution in [0.4, 0.5) is 5.69 Å². The third-order valence-electron chi connectivity index (χ3n) is 2.98. The normalized spacial score (nSPS) is 10.6. The second-order valence-corrected chi connectivity index (χ2v) is 5.13. The molecule has 0 aliphatic rings. The Morgan fingerprint density at radius 3 is 2.44 bits per heavy atom. The van der Waals surface area contributed by atoms with E-state index in [-0.39, 0.29) is 5.84 Å². The van der Waals surface area contributed by atoms with Crippen molar-refractivity contribution in [3.8, 4) is 0 Å². The lowest BCUT2D eigenvalue weighted by atomic mass is 10.1. The molecule has 0 amide bonds. The molecule has 0 radical (unpaired) electrons. The number of benzene rings is 1. The first kappa shape index (κ1) is 14.6. The van der Waals surface area contributed by atoms with Gasteiger partial charge in [-0.15, -0.1) is 0 Å². The van der Waals surface area contributed by atoms with Crippen molar-refractivity contribution < 1.29 is 0 Å². The molecule has 0 heterocycles. The van der Waals surface area contributed by atoms with Crippen LogP contribution in [0.3, 0.4) is 0 Å². The first-order valence-corrected chi connectivity index (χ1v) is 6.72. The van der Waals surface area contributed by atoms with Gasteiger partial charge in [0, 0.05) is 25.2 Å². The number of nitrogens with two attached hydrogens (primary N) is 1. The van der Waals surface area contributed by atoms with Gasteiger partial charge in [-0.1, -0.05) is 32.0 Å². The van der Waals surface area contributed by atoms with E-state index in [1.165, 1.54) is 18.5 Å². The largest absolute Gasteiger partial charge is 0.388 e. The quantitative estimate of drug-likeness (QED) is 0.547. The fraction of sp³-hybridized carbons (Fsp3) is 0.533. The number of amidine groups is 1. The van der Waals surface area contributed by atoms with Crippen molar-refractivity contribution in [2.24, 2.45) is 11.7 Å². The summed E-state index contributed by atoms with van der Waals surface area (Å²) in [4.78, 5) is 2.32. The van der Waals surface area contributed by atoms with E-state index in [1.54, 1.807) is 0 Å². The number of rotatable bonds is 8. The minimum Gasteiger partial charge on any atom is -0.388 e. The first-order chi connectivity index (χ1) is 8.59. The summed E-state index contributed by atoms with van der Waals surface area (Å²) < 4.78 is 0. The number of hydrogen-bond acceptors (Lipinski definition) is 2. The third kappa shape index (κ3) is 5.71. The van der Waals surface area contributed by atoms with E-state index < -0.39 is 0 Å². The van der Waals surface area contributed by atoms with Gasteiger partial charge in [0.1, 0.15) is 0 Å². The highest BCUT2D eigenvalue weighted by Gasteiger charge is 2.06. The molecular weight excluding hydrogens is 222 g/mol. The highest BCUT2D eigenvalue weighted by molar-refractivity contribution is 5.77. The van der Waals surface area contributed by atoms with Crippen LogP contribution >= 0.6 is 0 Å². The van der Waals surface area contributed by atoms with Gasteiger partial charge in [-0.25, -0.2) is 0 Å². The Balaban J connectivity index is 2.55. The van der Waals surface area contributed by atoms with Crippen LogP contribution in [0, 0.1) is 11.3 Å². The summed E-state index contributed by atoms with van der Waals surface area (Å²) in [6.07, 6.45) is 3.06. The van der Waals surface area contributed by atoms with Gasteiger partial charge in [0.05, 0.1) is 5.84 Å². The van der Waals surface area contributed by atoms with Crippen molar-refractivity contribution in [1.29, 1.82) is 5.41 Å². The van der Waals surface area contributed by atoms with Crippen molar-refractivity contribution in [3.05, 3.63) is 30.3 Å². The van der Waals surface area contributed by atoms with Gasteiger partial charge in [0.2, 0.25) is 0 Å². The fourth-order valence-electron chi connectivity index (χ4n) is 1.95. The molecule has 100 valence electrons. The zero-order chi connectivity index (χ0) is 13.4. The lowest BCUT2D eigenvalue weighted by molar-refractivity contribution is 0.550. The van der Waals surface area contributed by atoms with Crippen molar-refractivity contribution in [3.63, 3.8) is 0 Å². The molecule has 0 unspecified atom stereocenters. The molecule has 0 spiro atoms. The molecule has 0 aliphatic heterocycles. The van der Waals surface area contributed by atoms with E-state index in [2.05, 4.69) is 43.0 Å². The summed E-state index contributed by atoms with van der Waals surface area (Å²) >= 11 is 0. The maximum atomic E-state index is 7.35. The number of nitrogens with one attached hydrogen (secondary N) is 1. The molecule has 1 rings (SSSR count). The van der Waals surface area contributed by atoms with Crippen molar-refractivity contribution in [1.82, 2.24) is 0 Å². The highest BCUT2D eigenvalue weighted by atomic mass is 15.1. The average Bonchev–Trinajstić information content (AvgIpc) is 2.34. The lowest BCUT2D eigenvalue weighted by Crippen LogP contribution is -2.29. The Morgan fingerprint density at radius 1 is 1.22 bits per heavy atom. The van der Waals surface area contributed by atoms with Crippen LogP contribution in [0.25, 0.3) is 0 Å². The molecule has 0 aromatic heterocycles. The molecule has 1 aromatic rings. The molecule has 0 saturated heterocycles. The predicted octanol–water partition coefficient (Wildman–Crippen LogP) is 3.26. The van der Waals surface area contributed by atoms with Gasteiger partial charge in [0.25, 0.3) is 0 Å². The standard InChI is InChI=1S/C15H25N3/c1-13(2)7-6-11-18(12-10-15(16)17)14-8-4-3-5-9-14/h3-5,8-9,13H,6-7,10-12H2,1-2H3,(H3,16,17). The van der Waals surface area contributed by atoms with Gasteiger partial charge in [0.15, 0.2) is 0 Å². The first-order valence-electron chi connectivity index (χ1n) is 6.72. The Labute approximate surface area is 111 Å². The molecule has 0 atom stereocenters. The molecule has 0 saturated carbocycles. The maximum Gasteiger partial charge on any atom is 0.0923 e. The summed E-state index contributed by atoms with van der Waals surface area (Å²) in [6, 6.07) is 10.4. The number of anilines is 1. The van der Waals surface area contributed by atoms with Crippen molar-refractivity contribution in [2.75, 3.05) is 18.0 Å². The van der Waals surface area contributed by atoms with E-state index in [0.717, 1.165) is 19.0 Å². The van der Waals surface area contributed by atoms with Crippen LogP contribution in [0.5, 0.6) is 0 Å². The molecular formula is C15H25N3. The Morgan fingerprint density at radius 2 is 1.89 bits per heavy atom. The van der Waals surface area contributed by atoms with Crippen LogP contribution in [0.2, 0.25) is 0 Å². The van der Waals surface area contributed by atoms with Crippen LogP contribution in [-0.4, -0.2) is 18.9 Å². The average molecular weight is 247 g/mol. The van der Waals surface area contributed by atoms with E-state index in [0.29, 0.717) is 6.42 Å². The van der Waals surface area contributed by atoms with Crippen molar-refractivity contribution in [2.45, 2.75) is 33.1 Å². The summed E-state index contributed by atoms with van der Waals surface area (Å²) in [6.45, 7) is 6.37. The summed E-state index contributed by atoms with van der Waals surface area (Å²) in [7, 11) is 0. The summed E-state index contributed by atoms with van der Waals surface area (Å²) in [5.41, 5.74) is 6.68. The van der Waals surface area contributed by atoms with E-state index >= 15 is 0 Å². The zero-order valence-electron chi connectivity index (χ0n) is 11.5. The van der Waals surface area contributed by atoms with Crippen LogP contribution in [0.15, 0.2) is 30.3 Å². The van der Waals surface area contributed by atoms with E-state index in [9.17, 15) is 0 Å². The van der Waals surface area contributed by atoms with Gasteiger partial charge < -0.3 is 10.6 Å². The predicted molar refractivity (Wildman–Crippen MR) is 79.3 cm³/mol. The number of hydrogen-bond donors (Lipinski definition) is 2. The second kappa shape index (κ2) is 7.75. The van der Waals surface area contributed by atoms with Crippen LogP contribution in [0.1, 0.15) is 33.1 Å². The Kier molecular flexibility index (Phi) is 6.26.